The zero-order chi connectivity index (χ0) is 16.3. The van der Waals surface area contributed by atoms with Crippen LogP contribution in [0.2, 0.25) is 5.02 Å². The lowest BCUT2D eigenvalue weighted by Gasteiger charge is -2.08. The lowest BCUT2D eigenvalue weighted by molar-refractivity contribution is -0.133. The minimum atomic E-state index is -3.81. The Kier molecular flexibility index (Phi) is 5.05. The monoisotopic (exact) mass is 360 g/mol. The Morgan fingerprint density at radius 3 is 2.86 bits per heavy atom. The average molecular weight is 361 g/mol. The Morgan fingerprint density at radius 1 is 1.45 bits per heavy atom. The average Bonchev–Trinajstić information content (AvgIpc) is 2.87. The molecule has 1 aromatic carbocycles. The van der Waals surface area contributed by atoms with Gasteiger partial charge < -0.3 is 4.74 Å². The quantitative estimate of drug-likeness (QED) is 0.827. The molecule has 0 aliphatic carbocycles. The molecule has 1 aromatic heterocycles. The third kappa shape index (κ3) is 3.76. The summed E-state index contributed by atoms with van der Waals surface area (Å²) >= 11 is 6.87. The van der Waals surface area contributed by atoms with Crippen molar-refractivity contribution in [2.24, 2.45) is 0 Å². The molecule has 0 saturated carbocycles. The summed E-state index contributed by atoms with van der Waals surface area (Å²) in [4.78, 5) is 15.1. The van der Waals surface area contributed by atoms with Gasteiger partial charge in [0.05, 0.1) is 11.1 Å². The maximum atomic E-state index is 12.4. The molecule has 0 spiro atoms. The van der Waals surface area contributed by atoms with Gasteiger partial charge in [-0.25, -0.2) is 13.4 Å². The summed E-state index contributed by atoms with van der Waals surface area (Å²) in [6, 6.07) is 4.62. The van der Waals surface area contributed by atoms with E-state index in [2.05, 4.69) is 9.71 Å². The number of esters is 1. The van der Waals surface area contributed by atoms with Crippen LogP contribution in [-0.2, 0) is 14.8 Å². The fraction of sp³-hybridized carbons (Fsp3) is 0.231. The van der Waals surface area contributed by atoms with Gasteiger partial charge >= 0.3 is 5.97 Å². The molecule has 0 unspecified atom stereocenters. The van der Waals surface area contributed by atoms with E-state index in [1.165, 1.54) is 12.3 Å². The summed E-state index contributed by atoms with van der Waals surface area (Å²) in [6.45, 7) is 3.28. The van der Waals surface area contributed by atoms with Gasteiger partial charge in [-0.15, -0.1) is 0 Å². The van der Waals surface area contributed by atoms with E-state index >= 15 is 0 Å². The molecular weight excluding hydrogens is 348 g/mol. The van der Waals surface area contributed by atoms with E-state index in [-0.39, 0.29) is 21.5 Å². The number of halogens is 1. The Balaban J connectivity index is 2.22. The maximum absolute atomic E-state index is 12.4. The van der Waals surface area contributed by atoms with Crippen LogP contribution in [-0.4, -0.2) is 19.4 Å². The summed E-state index contributed by atoms with van der Waals surface area (Å²) in [7, 11) is -3.81. The third-order valence-corrected chi connectivity index (χ3v) is 5.53. The van der Waals surface area contributed by atoms with E-state index in [9.17, 15) is 13.2 Å². The van der Waals surface area contributed by atoms with Gasteiger partial charge in [0.1, 0.15) is 0 Å². The number of anilines is 1. The topological polar surface area (TPSA) is 85.4 Å². The van der Waals surface area contributed by atoms with Crippen LogP contribution >= 0.6 is 22.9 Å². The normalized spacial score (nSPS) is 11.2. The molecule has 0 fully saturated rings. The molecule has 2 rings (SSSR count). The number of ether oxygens (including phenoxy) is 1. The van der Waals surface area contributed by atoms with E-state index in [4.69, 9.17) is 16.3 Å². The summed E-state index contributed by atoms with van der Waals surface area (Å²) in [5.74, 6) is -0.413. The molecule has 118 valence electrons. The van der Waals surface area contributed by atoms with Gasteiger partial charge in [-0.05, 0) is 24.6 Å². The lowest BCUT2D eigenvalue weighted by atomic mass is 10.2. The molecule has 1 N–H and O–H groups in total. The molecule has 0 aliphatic rings. The molecule has 1 heterocycles. The Hall–Kier alpha value is -1.64. The predicted octanol–water partition coefficient (Wildman–Crippen LogP) is 3.22. The van der Waals surface area contributed by atoms with E-state index in [1.54, 1.807) is 26.0 Å². The lowest BCUT2D eigenvalue weighted by Crippen LogP contribution is -2.14. The highest BCUT2D eigenvalue weighted by molar-refractivity contribution is 7.93. The first-order valence-electron chi connectivity index (χ1n) is 6.28. The molecule has 0 radical (unpaired) electrons. The number of hydrogen-bond acceptors (Lipinski definition) is 6. The van der Waals surface area contributed by atoms with Crippen molar-refractivity contribution < 1.29 is 17.9 Å². The van der Waals surface area contributed by atoms with Crippen LogP contribution in [0, 0.1) is 6.92 Å². The zero-order valence-corrected chi connectivity index (χ0v) is 14.2. The molecule has 0 aliphatic heterocycles. The number of rotatable bonds is 5. The Bertz CT molecular complexity index is 802. The fourth-order valence-corrected chi connectivity index (χ4v) is 4.01. The Labute approximate surface area is 137 Å². The second-order valence-corrected chi connectivity index (χ2v) is 7.33. The number of aromatic nitrogens is 1. The maximum Gasteiger partial charge on any atom is 0.311 e. The van der Waals surface area contributed by atoms with E-state index in [1.807, 2.05) is 0 Å². The molecule has 0 amide bonds. The molecule has 6 nitrogen and oxygen atoms in total. The number of nitrogens with zero attached hydrogens (tertiary/aromatic N) is 1. The van der Waals surface area contributed by atoms with Crippen molar-refractivity contribution in [3.8, 4) is 5.06 Å². The number of benzene rings is 1. The van der Waals surface area contributed by atoms with Crippen LogP contribution in [0.3, 0.4) is 0 Å². The number of nitrogens with one attached hydrogen (secondary N) is 1. The van der Waals surface area contributed by atoms with E-state index < -0.39 is 16.0 Å². The van der Waals surface area contributed by atoms with Crippen molar-refractivity contribution in [3.05, 3.63) is 35.0 Å². The van der Waals surface area contributed by atoms with Gasteiger partial charge in [0, 0.05) is 11.4 Å². The van der Waals surface area contributed by atoms with Crippen LogP contribution < -0.4 is 9.46 Å². The van der Waals surface area contributed by atoms with Crippen molar-refractivity contribution >= 4 is 44.1 Å². The molecule has 22 heavy (non-hydrogen) atoms. The highest BCUT2D eigenvalue weighted by Gasteiger charge is 2.20. The smallest absolute Gasteiger partial charge is 0.311 e. The van der Waals surface area contributed by atoms with Crippen molar-refractivity contribution in [3.63, 3.8) is 0 Å². The van der Waals surface area contributed by atoms with Crippen molar-refractivity contribution in [1.82, 2.24) is 4.98 Å². The molecule has 0 atom stereocenters. The summed E-state index contributed by atoms with van der Waals surface area (Å²) in [5, 5.41) is 0.699. The second-order valence-electron chi connectivity index (χ2n) is 4.28. The molecular formula is C13H13ClN2O4S2. The first-order chi connectivity index (χ1) is 10.3. The van der Waals surface area contributed by atoms with Crippen LogP contribution in [0.1, 0.15) is 18.9 Å². The Morgan fingerprint density at radius 2 is 2.18 bits per heavy atom. The van der Waals surface area contributed by atoms with Gasteiger partial charge in [-0.2, -0.15) is 0 Å². The standard InChI is InChI=1S/C13H13ClN2O4S2/c1-3-11(17)20-12-7-15-13(21-12)16-22(18,19)10-6-4-5-9(14)8(10)2/h4-7H,3H2,1-2H3,(H,15,16). The number of thiazole rings is 1. The highest BCUT2D eigenvalue weighted by atomic mass is 35.5. The largest absolute Gasteiger partial charge is 0.414 e. The predicted molar refractivity (Wildman–Crippen MR) is 85.0 cm³/mol. The summed E-state index contributed by atoms with van der Waals surface area (Å²) in [5.41, 5.74) is 0.450. The van der Waals surface area contributed by atoms with Crippen molar-refractivity contribution in [1.29, 1.82) is 0 Å². The minimum absolute atomic E-state index is 0.0716. The fourth-order valence-electron chi connectivity index (χ4n) is 1.59. The van der Waals surface area contributed by atoms with Gasteiger partial charge in [-0.1, -0.05) is 35.9 Å². The molecule has 9 heteroatoms. The second kappa shape index (κ2) is 6.64. The highest BCUT2D eigenvalue weighted by Crippen LogP contribution is 2.29. The van der Waals surface area contributed by atoms with Gasteiger partial charge in [0.15, 0.2) is 5.13 Å². The number of carbonyl (C=O) groups is 1. The van der Waals surface area contributed by atoms with Gasteiger partial charge in [-0.3, -0.25) is 9.52 Å². The van der Waals surface area contributed by atoms with E-state index in [0.29, 0.717) is 10.6 Å². The van der Waals surface area contributed by atoms with Crippen molar-refractivity contribution in [2.75, 3.05) is 4.72 Å². The van der Waals surface area contributed by atoms with Gasteiger partial charge in [0.2, 0.25) is 5.06 Å². The first-order valence-corrected chi connectivity index (χ1v) is 8.95. The number of carbonyl (C=O) groups excluding carboxylic acids is 1. The molecule has 0 bridgehead atoms. The zero-order valence-electron chi connectivity index (χ0n) is 11.8. The van der Waals surface area contributed by atoms with Crippen LogP contribution in [0.5, 0.6) is 5.06 Å². The molecule has 0 saturated heterocycles. The first kappa shape index (κ1) is 16.7. The molecule has 2 aromatic rings. The van der Waals surface area contributed by atoms with Crippen LogP contribution in [0.4, 0.5) is 5.13 Å². The van der Waals surface area contributed by atoms with Crippen LogP contribution in [0.25, 0.3) is 0 Å². The number of sulfonamides is 1. The van der Waals surface area contributed by atoms with Crippen molar-refractivity contribution in [2.45, 2.75) is 25.2 Å². The third-order valence-electron chi connectivity index (χ3n) is 2.72. The summed E-state index contributed by atoms with van der Waals surface area (Å²) in [6.07, 6.45) is 1.52. The van der Waals surface area contributed by atoms with Crippen LogP contribution in [0.15, 0.2) is 29.3 Å². The SMILES string of the molecule is CCC(=O)Oc1cnc(NS(=O)(=O)c2cccc(Cl)c2C)s1. The number of hydrogen-bond donors (Lipinski definition) is 1. The van der Waals surface area contributed by atoms with E-state index in [0.717, 1.165) is 11.3 Å². The van der Waals surface area contributed by atoms with Gasteiger partial charge in [0.25, 0.3) is 10.0 Å². The minimum Gasteiger partial charge on any atom is -0.414 e. The summed E-state index contributed by atoms with van der Waals surface area (Å²) < 4.78 is 32.0.